The zero-order chi connectivity index (χ0) is 22.3. The molecule has 1 amide bonds. The Bertz CT molecular complexity index is 837. The van der Waals surface area contributed by atoms with E-state index in [2.05, 4.69) is 4.90 Å². The molecule has 2 fully saturated rings. The number of benzene rings is 1. The van der Waals surface area contributed by atoms with Crippen molar-refractivity contribution in [1.29, 1.82) is 0 Å². The molecule has 0 spiro atoms. The number of piperazine rings is 1. The van der Waals surface area contributed by atoms with Gasteiger partial charge in [0.1, 0.15) is 5.75 Å². The average molecular weight is 474 g/mol. The van der Waals surface area contributed by atoms with Gasteiger partial charge in [0.05, 0.1) is 30.9 Å². The topological polar surface area (TPSA) is 79.4 Å². The second-order valence-electron chi connectivity index (χ2n) is 7.72. The summed E-state index contributed by atoms with van der Waals surface area (Å²) in [4.78, 5) is 16.7. The summed E-state index contributed by atoms with van der Waals surface area (Å²) >= 11 is 5.69. The normalized spacial score (nSPS) is 18.3. The fraction of sp³-hybridized carbons (Fsp3) is 0.667. The molecule has 0 aliphatic carbocycles. The van der Waals surface area contributed by atoms with Gasteiger partial charge in [-0.2, -0.15) is 4.31 Å². The third-order valence-corrected chi connectivity index (χ3v) is 7.92. The maximum Gasteiger partial charge on any atom is 0.243 e. The van der Waals surface area contributed by atoms with E-state index in [1.807, 2.05) is 4.90 Å². The van der Waals surface area contributed by atoms with Crippen molar-refractivity contribution in [3.63, 3.8) is 0 Å². The fourth-order valence-corrected chi connectivity index (χ4v) is 5.53. The quantitative estimate of drug-likeness (QED) is 0.404. The van der Waals surface area contributed by atoms with Gasteiger partial charge in [0, 0.05) is 51.6 Å². The molecule has 0 radical (unpaired) electrons. The molecule has 0 N–H and O–H groups in total. The third kappa shape index (κ3) is 6.03. The van der Waals surface area contributed by atoms with Crippen LogP contribution in [-0.2, 0) is 19.6 Å². The van der Waals surface area contributed by atoms with Gasteiger partial charge in [0.15, 0.2) is 0 Å². The van der Waals surface area contributed by atoms with Crippen molar-refractivity contribution in [2.75, 3.05) is 70.4 Å². The van der Waals surface area contributed by atoms with Crippen molar-refractivity contribution in [3.05, 3.63) is 18.2 Å². The molecule has 174 valence electrons. The number of nitrogens with zero attached hydrogens (tertiary/aromatic N) is 3. The monoisotopic (exact) mass is 473 g/mol. The lowest BCUT2D eigenvalue weighted by molar-refractivity contribution is -0.131. The van der Waals surface area contributed by atoms with Crippen LogP contribution in [0.5, 0.6) is 5.75 Å². The summed E-state index contributed by atoms with van der Waals surface area (Å²) in [5.41, 5.74) is 0.742. The average Bonchev–Trinajstić information content (AvgIpc) is 2.82. The van der Waals surface area contributed by atoms with Crippen LogP contribution in [0.15, 0.2) is 23.1 Å². The van der Waals surface area contributed by atoms with Gasteiger partial charge in [-0.15, -0.1) is 11.6 Å². The Balaban J connectivity index is 1.67. The molecule has 31 heavy (non-hydrogen) atoms. The molecule has 0 bridgehead atoms. The molecule has 1 aromatic rings. The molecule has 0 atom stereocenters. The minimum absolute atomic E-state index is 0.171. The van der Waals surface area contributed by atoms with Gasteiger partial charge < -0.3 is 19.3 Å². The van der Waals surface area contributed by atoms with Gasteiger partial charge in [-0.05, 0) is 31.0 Å². The van der Waals surface area contributed by atoms with Crippen LogP contribution in [-0.4, -0.2) is 89.0 Å². The first-order chi connectivity index (χ1) is 15.0. The number of amides is 1. The Morgan fingerprint density at radius 3 is 2.42 bits per heavy atom. The highest BCUT2D eigenvalue weighted by atomic mass is 35.5. The molecule has 2 aliphatic heterocycles. The highest BCUT2D eigenvalue weighted by Gasteiger charge is 2.29. The lowest BCUT2D eigenvalue weighted by atomic mass is 10.1. The molecular formula is C21H32ClN3O5S. The predicted molar refractivity (Wildman–Crippen MR) is 121 cm³/mol. The van der Waals surface area contributed by atoms with E-state index in [0.717, 1.165) is 24.9 Å². The molecule has 10 heteroatoms. The number of alkyl halides is 1. The SMILES string of the molecule is COc1ccc(S(=O)(=O)N2CCOCC2)cc1N1CCN(C(=O)CCCCCCl)CC1. The predicted octanol–water partition coefficient (Wildman–Crippen LogP) is 2.16. The number of carbonyl (C=O) groups is 1. The zero-order valence-electron chi connectivity index (χ0n) is 18.1. The number of halogens is 1. The van der Waals surface area contributed by atoms with Crippen LogP contribution >= 0.6 is 11.6 Å². The van der Waals surface area contributed by atoms with Crippen LogP contribution in [0.2, 0.25) is 0 Å². The summed E-state index contributed by atoms with van der Waals surface area (Å²) in [6.45, 7) is 4.00. The van der Waals surface area contributed by atoms with Gasteiger partial charge in [-0.3, -0.25) is 4.79 Å². The Hall–Kier alpha value is -1.55. The molecule has 8 nitrogen and oxygen atoms in total. The van der Waals surface area contributed by atoms with Gasteiger partial charge in [-0.1, -0.05) is 6.42 Å². The summed E-state index contributed by atoms with van der Waals surface area (Å²) in [6.07, 6.45) is 3.32. The number of rotatable bonds is 9. The highest BCUT2D eigenvalue weighted by Crippen LogP contribution is 2.33. The zero-order valence-corrected chi connectivity index (χ0v) is 19.7. The Kier molecular flexibility index (Phi) is 8.83. The van der Waals surface area contributed by atoms with E-state index in [4.69, 9.17) is 21.1 Å². The van der Waals surface area contributed by atoms with Crippen LogP contribution < -0.4 is 9.64 Å². The van der Waals surface area contributed by atoms with E-state index in [-0.39, 0.29) is 10.8 Å². The van der Waals surface area contributed by atoms with Crippen molar-refractivity contribution < 1.29 is 22.7 Å². The van der Waals surface area contributed by atoms with Crippen molar-refractivity contribution in [1.82, 2.24) is 9.21 Å². The van der Waals surface area contributed by atoms with Crippen LogP contribution in [0, 0.1) is 0 Å². The minimum atomic E-state index is -3.59. The fourth-order valence-electron chi connectivity index (χ4n) is 3.92. The number of ether oxygens (including phenoxy) is 2. The maximum absolute atomic E-state index is 13.1. The van der Waals surface area contributed by atoms with Crippen molar-refractivity contribution in [3.8, 4) is 5.75 Å². The molecule has 0 aromatic heterocycles. The molecular weight excluding hydrogens is 442 g/mol. The number of hydrogen-bond acceptors (Lipinski definition) is 6. The first-order valence-electron chi connectivity index (χ1n) is 10.8. The Labute approximate surface area is 190 Å². The van der Waals surface area contributed by atoms with E-state index in [1.165, 1.54) is 4.31 Å². The maximum atomic E-state index is 13.1. The Morgan fingerprint density at radius 2 is 1.77 bits per heavy atom. The van der Waals surface area contributed by atoms with Crippen LogP contribution in [0.3, 0.4) is 0 Å². The summed E-state index contributed by atoms with van der Waals surface area (Å²) in [6, 6.07) is 4.98. The molecule has 3 rings (SSSR count). The van der Waals surface area contributed by atoms with E-state index in [1.54, 1.807) is 25.3 Å². The van der Waals surface area contributed by atoms with E-state index in [9.17, 15) is 13.2 Å². The van der Waals surface area contributed by atoms with Crippen molar-refractivity contribution in [2.45, 2.75) is 30.6 Å². The van der Waals surface area contributed by atoms with Crippen LogP contribution in [0.25, 0.3) is 0 Å². The first kappa shape index (κ1) is 24.1. The van der Waals surface area contributed by atoms with Gasteiger partial charge in [0.25, 0.3) is 0 Å². The van der Waals surface area contributed by atoms with Gasteiger partial charge in [-0.25, -0.2) is 8.42 Å². The number of unbranched alkanes of at least 4 members (excludes halogenated alkanes) is 2. The summed E-state index contributed by atoms with van der Waals surface area (Å²) < 4.78 is 38.4. The third-order valence-electron chi connectivity index (χ3n) is 5.76. The number of sulfonamides is 1. The summed E-state index contributed by atoms with van der Waals surface area (Å²) in [5.74, 6) is 1.43. The van der Waals surface area contributed by atoms with E-state index >= 15 is 0 Å². The van der Waals surface area contributed by atoms with E-state index in [0.29, 0.717) is 70.5 Å². The lowest BCUT2D eigenvalue weighted by Crippen LogP contribution is -2.49. The second kappa shape index (κ2) is 11.4. The van der Waals surface area contributed by atoms with Crippen LogP contribution in [0.1, 0.15) is 25.7 Å². The Morgan fingerprint density at radius 1 is 1.06 bits per heavy atom. The molecule has 2 heterocycles. The minimum Gasteiger partial charge on any atom is -0.495 e. The smallest absolute Gasteiger partial charge is 0.243 e. The van der Waals surface area contributed by atoms with Gasteiger partial charge >= 0.3 is 0 Å². The molecule has 2 aliphatic rings. The lowest BCUT2D eigenvalue weighted by Gasteiger charge is -2.37. The molecule has 2 saturated heterocycles. The molecule has 1 aromatic carbocycles. The number of anilines is 1. The largest absolute Gasteiger partial charge is 0.495 e. The summed E-state index contributed by atoms with van der Waals surface area (Å²) in [5, 5.41) is 0. The molecule has 0 unspecified atom stereocenters. The standard InChI is InChI=1S/C21H32ClN3O5S/c1-29-20-7-6-18(31(27,28)25-13-15-30-16-14-25)17-19(20)23-9-11-24(12-10-23)21(26)5-3-2-4-8-22/h6-7,17H,2-5,8-16H2,1H3. The summed E-state index contributed by atoms with van der Waals surface area (Å²) in [7, 11) is -2.01. The van der Waals surface area contributed by atoms with Crippen LogP contribution in [0.4, 0.5) is 5.69 Å². The van der Waals surface area contributed by atoms with E-state index < -0.39 is 10.0 Å². The number of morpholine rings is 1. The molecule has 0 saturated carbocycles. The number of hydrogen-bond donors (Lipinski definition) is 0. The van der Waals surface area contributed by atoms with Crippen molar-refractivity contribution >= 4 is 33.2 Å². The number of methoxy groups -OCH3 is 1. The van der Waals surface area contributed by atoms with Gasteiger partial charge in [0.2, 0.25) is 15.9 Å². The number of carbonyl (C=O) groups excluding carboxylic acids is 1. The second-order valence-corrected chi connectivity index (χ2v) is 10.0. The highest BCUT2D eigenvalue weighted by molar-refractivity contribution is 7.89. The van der Waals surface area contributed by atoms with Crippen molar-refractivity contribution in [2.24, 2.45) is 0 Å². The first-order valence-corrected chi connectivity index (χ1v) is 12.8.